The predicted octanol–water partition coefficient (Wildman–Crippen LogP) is 2.07. The highest BCUT2D eigenvalue weighted by Crippen LogP contribution is 2.22. The molecule has 1 aliphatic rings. The molecule has 102 valence electrons. The minimum atomic E-state index is -0.296. The fraction of sp³-hybridized carbons (Fsp3) is 0.200. The molecule has 0 spiro atoms. The van der Waals surface area contributed by atoms with E-state index in [0.29, 0.717) is 18.8 Å². The summed E-state index contributed by atoms with van der Waals surface area (Å²) in [5.41, 5.74) is 1.26. The molecule has 2 heterocycles. The van der Waals surface area contributed by atoms with E-state index >= 15 is 0 Å². The number of aromatic nitrogens is 1. The van der Waals surface area contributed by atoms with Gasteiger partial charge in [-0.25, -0.2) is 4.39 Å². The number of halogens is 1. The molecule has 1 fully saturated rings. The van der Waals surface area contributed by atoms with E-state index in [1.807, 2.05) is 6.07 Å². The van der Waals surface area contributed by atoms with Crippen molar-refractivity contribution in [2.24, 2.45) is 0 Å². The van der Waals surface area contributed by atoms with Crippen molar-refractivity contribution in [1.82, 2.24) is 4.98 Å². The average molecular weight is 271 g/mol. The maximum atomic E-state index is 13.7. The first-order valence-corrected chi connectivity index (χ1v) is 6.45. The number of carbonyl (C=O) groups excluding carboxylic acids is 1. The minimum absolute atomic E-state index is 0.0486. The summed E-state index contributed by atoms with van der Waals surface area (Å²) in [6.45, 7) is 1.30. The van der Waals surface area contributed by atoms with Crippen molar-refractivity contribution in [3.63, 3.8) is 0 Å². The maximum absolute atomic E-state index is 13.7. The zero-order valence-electron chi connectivity index (χ0n) is 10.9. The summed E-state index contributed by atoms with van der Waals surface area (Å²) in [4.78, 5) is 19.7. The van der Waals surface area contributed by atoms with E-state index in [4.69, 9.17) is 0 Å². The molecule has 0 radical (unpaired) electrons. The summed E-state index contributed by atoms with van der Waals surface area (Å²) in [6, 6.07) is 10.2. The molecule has 0 N–H and O–H groups in total. The smallest absolute Gasteiger partial charge is 0.246 e. The van der Waals surface area contributed by atoms with Gasteiger partial charge in [0.2, 0.25) is 5.91 Å². The molecule has 2 aromatic rings. The van der Waals surface area contributed by atoms with E-state index in [9.17, 15) is 9.18 Å². The number of piperazine rings is 1. The molecular weight excluding hydrogens is 257 g/mol. The monoisotopic (exact) mass is 271 g/mol. The Morgan fingerprint density at radius 2 is 1.95 bits per heavy atom. The van der Waals surface area contributed by atoms with Crippen molar-refractivity contribution in [2.45, 2.75) is 0 Å². The van der Waals surface area contributed by atoms with Crippen LogP contribution in [0.2, 0.25) is 0 Å². The van der Waals surface area contributed by atoms with Gasteiger partial charge in [-0.05, 0) is 24.3 Å². The third-order valence-electron chi connectivity index (χ3n) is 3.37. The van der Waals surface area contributed by atoms with Crippen LogP contribution in [0, 0.1) is 5.82 Å². The summed E-state index contributed by atoms with van der Waals surface area (Å²) in [5.74, 6) is -0.345. The second-order valence-electron chi connectivity index (χ2n) is 4.63. The molecule has 0 atom stereocenters. The van der Waals surface area contributed by atoms with Gasteiger partial charge in [0.25, 0.3) is 0 Å². The highest BCUT2D eigenvalue weighted by molar-refractivity contribution is 5.97. The fourth-order valence-electron chi connectivity index (χ4n) is 2.37. The first kappa shape index (κ1) is 12.6. The molecule has 0 bridgehead atoms. The van der Waals surface area contributed by atoms with Crippen LogP contribution in [0.5, 0.6) is 0 Å². The van der Waals surface area contributed by atoms with Crippen molar-refractivity contribution in [3.05, 3.63) is 54.6 Å². The highest BCUT2D eigenvalue weighted by atomic mass is 19.1. The van der Waals surface area contributed by atoms with E-state index in [1.54, 1.807) is 46.5 Å². The number of carbonyl (C=O) groups is 1. The summed E-state index contributed by atoms with van der Waals surface area (Å²) < 4.78 is 13.7. The zero-order valence-corrected chi connectivity index (χ0v) is 10.9. The van der Waals surface area contributed by atoms with Crippen LogP contribution >= 0.6 is 0 Å². The molecule has 1 aliphatic heterocycles. The van der Waals surface area contributed by atoms with E-state index in [0.717, 1.165) is 5.69 Å². The normalized spacial score (nSPS) is 15.6. The molecule has 1 aromatic carbocycles. The van der Waals surface area contributed by atoms with Gasteiger partial charge in [-0.3, -0.25) is 9.78 Å². The van der Waals surface area contributed by atoms with Crippen molar-refractivity contribution in [3.8, 4) is 0 Å². The lowest BCUT2D eigenvalue weighted by atomic mass is 10.2. The van der Waals surface area contributed by atoms with E-state index in [2.05, 4.69) is 4.98 Å². The average Bonchev–Trinajstić information content (AvgIpc) is 2.48. The number of para-hydroxylation sites is 1. The Morgan fingerprint density at radius 3 is 2.65 bits per heavy atom. The number of rotatable bonds is 2. The number of hydrogen-bond acceptors (Lipinski definition) is 3. The number of anilines is 2. The van der Waals surface area contributed by atoms with Crippen LogP contribution in [0.15, 0.2) is 48.8 Å². The van der Waals surface area contributed by atoms with Gasteiger partial charge in [0.05, 0.1) is 24.1 Å². The van der Waals surface area contributed by atoms with Crippen molar-refractivity contribution < 1.29 is 9.18 Å². The lowest BCUT2D eigenvalue weighted by molar-refractivity contribution is -0.117. The number of nitrogens with zero attached hydrogens (tertiary/aromatic N) is 3. The topological polar surface area (TPSA) is 36.4 Å². The van der Waals surface area contributed by atoms with E-state index in [1.165, 1.54) is 6.07 Å². The molecule has 4 nitrogen and oxygen atoms in total. The summed E-state index contributed by atoms with van der Waals surface area (Å²) in [7, 11) is 0. The van der Waals surface area contributed by atoms with Gasteiger partial charge in [0.1, 0.15) is 5.82 Å². The Balaban J connectivity index is 1.78. The van der Waals surface area contributed by atoms with Crippen molar-refractivity contribution in [2.75, 3.05) is 29.4 Å². The third-order valence-corrected chi connectivity index (χ3v) is 3.37. The largest absolute Gasteiger partial charge is 0.358 e. The fourth-order valence-corrected chi connectivity index (χ4v) is 2.37. The Hall–Kier alpha value is -2.43. The Morgan fingerprint density at radius 1 is 1.10 bits per heavy atom. The molecule has 5 heteroatoms. The number of hydrogen-bond donors (Lipinski definition) is 0. The van der Waals surface area contributed by atoms with Gasteiger partial charge in [-0.15, -0.1) is 0 Å². The lowest BCUT2D eigenvalue weighted by Gasteiger charge is -2.35. The first-order chi connectivity index (χ1) is 9.75. The summed E-state index contributed by atoms with van der Waals surface area (Å²) in [5, 5.41) is 0. The van der Waals surface area contributed by atoms with Gasteiger partial charge >= 0.3 is 0 Å². The molecule has 3 rings (SSSR count). The number of amides is 1. The Kier molecular flexibility index (Phi) is 3.33. The number of benzene rings is 1. The van der Waals surface area contributed by atoms with Crippen LogP contribution in [0.25, 0.3) is 0 Å². The first-order valence-electron chi connectivity index (χ1n) is 6.45. The Labute approximate surface area is 116 Å². The standard InChI is InChI=1S/C15H14FN3O/c16-13-5-1-2-6-14(13)18-8-9-19(15(20)11-18)12-4-3-7-17-10-12/h1-7,10H,8-9,11H2. The predicted molar refractivity (Wildman–Crippen MR) is 75.2 cm³/mol. The van der Waals surface area contributed by atoms with Gasteiger partial charge in [0.15, 0.2) is 0 Å². The van der Waals surface area contributed by atoms with Crippen LogP contribution in [0.3, 0.4) is 0 Å². The minimum Gasteiger partial charge on any atom is -0.358 e. The second kappa shape index (κ2) is 5.28. The molecule has 0 aliphatic carbocycles. The lowest BCUT2D eigenvalue weighted by Crippen LogP contribution is -2.50. The van der Waals surface area contributed by atoms with Crippen molar-refractivity contribution >= 4 is 17.3 Å². The molecule has 1 saturated heterocycles. The summed E-state index contributed by atoms with van der Waals surface area (Å²) >= 11 is 0. The van der Waals surface area contributed by atoms with Crippen LogP contribution in [-0.4, -0.2) is 30.5 Å². The van der Waals surface area contributed by atoms with E-state index in [-0.39, 0.29) is 18.3 Å². The summed E-state index contributed by atoms with van der Waals surface area (Å²) in [6.07, 6.45) is 3.33. The molecule has 20 heavy (non-hydrogen) atoms. The highest BCUT2D eigenvalue weighted by Gasteiger charge is 2.26. The maximum Gasteiger partial charge on any atom is 0.246 e. The quantitative estimate of drug-likeness (QED) is 0.839. The van der Waals surface area contributed by atoms with Crippen LogP contribution < -0.4 is 9.80 Å². The Bertz CT molecular complexity index is 618. The molecular formula is C15H14FN3O. The number of pyridine rings is 1. The van der Waals surface area contributed by atoms with Crippen LogP contribution in [0.4, 0.5) is 15.8 Å². The van der Waals surface area contributed by atoms with Gasteiger partial charge in [-0.1, -0.05) is 12.1 Å². The van der Waals surface area contributed by atoms with Crippen LogP contribution in [0.1, 0.15) is 0 Å². The molecule has 0 saturated carbocycles. The van der Waals surface area contributed by atoms with Gasteiger partial charge in [-0.2, -0.15) is 0 Å². The zero-order chi connectivity index (χ0) is 13.9. The van der Waals surface area contributed by atoms with Gasteiger partial charge in [0, 0.05) is 19.3 Å². The molecule has 1 amide bonds. The molecule has 1 aromatic heterocycles. The van der Waals surface area contributed by atoms with Crippen molar-refractivity contribution in [1.29, 1.82) is 0 Å². The van der Waals surface area contributed by atoms with Gasteiger partial charge < -0.3 is 9.80 Å². The van der Waals surface area contributed by atoms with Crippen LogP contribution in [-0.2, 0) is 4.79 Å². The SMILES string of the molecule is O=C1CN(c2ccccc2F)CCN1c1cccnc1. The molecule has 0 unspecified atom stereocenters. The van der Waals surface area contributed by atoms with E-state index < -0.39 is 0 Å². The third kappa shape index (κ3) is 2.34. The second-order valence-corrected chi connectivity index (χ2v) is 4.63.